The van der Waals surface area contributed by atoms with Crippen molar-refractivity contribution in [1.29, 1.82) is 0 Å². The molecule has 114 valence electrons. The van der Waals surface area contributed by atoms with Crippen molar-refractivity contribution in [2.75, 3.05) is 0 Å². The Hall–Kier alpha value is -2.73. The van der Waals surface area contributed by atoms with Crippen molar-refractivity contribution in [3.05, 3.63) is 48.0 Å². The number of carbonyl (C=O) groups is 3. The first-order chi connectivity index (χ1) is 10.5. The summed E-state index contributed by atoms with van der Waals surface area (Å²) in [5.41, 5.74) is 11.0. The van der Waals surface area contributed by atoms with Crippen LogP contribution in [0.3, 0.4) is 0 Å². The largest absolute Gasteiger partial charge is 0.370 e. The fourth-order valence-electron chi connectivity index (χ4n) is 2.04. The summed E-state index contributed by atoms with van der Waals surface area (Å²) in [5.74, 6) is -1.69. The lowest BCUT2D eigenvalue weighted by Crippen LogP contribution is -2.43. The quantitative estimate of drug-likeness (QED) is 0.753. The Bertz CT molecular complexity index is 727. The van der Waals surface area contributed by atoms with E-state index in [0.717, 1.165) is 10.8 Å². The zero-order valence-corrected chi connectivity index (χ0v) is 11.9. The first-order valence-corrected chi connectivity index (χ1v) is 6.85. The van der Waals surface area contributed by atoms with Crippen molar-refractivity contribution in [3.8, 4) is 0 Å². The maximum atomic E-state index is 12.1. The van der Waals surface area contributed by atoms with Crippen molar-refractivity contribution in [3.63, 3.8) is 0 Å². The molecule has 0 fully saturated rings. The second kappa shape index (κ2) is 6.82. The molecule has 0 aliphatic carbocycles. The first kappa shape index (κ1) is 15.7. The lowest BCUT2D eigenvalue weighted by atomic mass is 10.1. The van der Waals surface area contributed by atoms with Crippen LogP contribution in [0.4, 0.5) is 0 Å². The standard InChI is InChI=1S/C16H17N3O3/c17-13(7-8-14(18)20)16(22)19-15(21)12-6-5-10-3-1-2-4-11(10)9-12/h1-6,9,13H,7-8,17H2,(H2,18,20)(H,19,21,22). The van der Waals surface area contributed by atoms with Crippen LogP contribution in [0.2, 0.25) is 0 Å². The molecule has 2 aromatic rings. The van der Waals surface area contributed by atoms with Crippen LogP contribution in [-0.4, -0.2) is 23.8 Å². The van der Waals surface area contributed by atoms with Crippen LogP contribution in [0.25, 0.3) is 10.8 Å². The fraction of sp³-hybridized carbons (Fsp3) is 0.188. The van der Waals surface area contributed by atoms with Crippen molar-refractivity contribution >= 4 is 28.5 Å². The third kappa shape index (κ3) is 3.89. The molecule has 0 saturated carbocycles. The molecule has 2 aromatic carbocycles. The molecule has 3 amide bonds. The fourth-order valence-corrected chi connectivity index (χ4v) is 2.04. The Balaban J connectivity index is 2.03. The predicted octanol–water partition coefficient (Wildman–Crippen LogP) is 0.689. The van der Waals surface area contributed by atoms with E-state index in [1.165, 1.54) is 0 Å². The van der Waals surface area contributed by atoms with Crippen LogP contribution in [0.1, 0.15) is 23.2 Å². The Kier molecular flexibility index (Phi) is 4.85. The highest BCUT2D eigenvalue weighted by Crippen LogP contribution is 2.15. The van der Waals surface area contributed by atoms with Crippen LogP contribution in [-0.2, 0) is 9.59 Å². The van der Waals surface area contributed by atoms with E-state index in [4.69, 9.17) is 11.5 Å². The molecule has 6 nitrogen and oxygen atoms in total. The van der Waals surface area contributed by atoms with Gasteiger partial charge in [0.05, 0.1) is 6.04 Å². The molecule has 1 atom stereocenters. The highest BCUT2D eigenvalue weighted by molar-refractivity contribution is 6.07. The van der Waals surface area contributed by atoms with E-state index in [9.17, 15) is 14.4 Å². The number of carbonyl (C=O) groups excluding carboxylic acids is 3. The highest BCUT2D eigenvalue weighted by atomic mass is 16.2. The topological polar surface area (TPSA) is 115 Å². The van der Waals surface area contributed by atoms with E-state index in [1.54, 1.807) is 12.1 Å². The summed E-state index contributed by atoms with van der Waals surface area (Å²) in [4.78, 5) is 34.5. The highest BCUT2D eigenvalue weighted by Gasteiger charge is 2.18. The number of fused-ring (bicyclic) bond motifs is 1. The van der Waals surface area contributed by atoms with Gasteiger partial charge in [-0.1, -0.05) is 30.3 Å². The van der Waals surface area contributed by atoms with Gasteiger partial charge >= 0.3 is 0 Å². The van der Waals surface area contributed by atoms with E-state index in [2.05, 4.69) is 5.32 Å². The molecule has 0 aliphatic heterocycles. The van der Waals surface area contributed by atoms with Crippen LogP contribution in [0.15, 0.2) is 42.5 Å². The number of nitrogens with one attached hydrogen (secondary N) is 1. The normalized spacial score (nSPS) is 11.9. The predicted molar refractivity (Wildman–Crippen MR) is 82.8 cm³/mol. The van der Waals surface area contributed by atoms with Crippen LogP contribution in [0, 0.1) is 0 Å². The molecule has 2 rings (SSSR count). The van der Waals surface area contributed by atoms with Gasteiger partial charge in [0.2, 0.25) is 11.8 Å². The van der Waals surface area contributed by atoms with Crippen LogP contribution < -0.4 is 16.8 Å². The van der Waals surface area contributed by atoms with Gasteiger partial charge in [0.1, 0.15) is 0 Å². The molecule has 0 aromatic heterocycles. The number of benzene rings is 2. The molecule has 5 N–H and O–H groups in total. The van der Waals surface area contributed by atoms with Crippen molar-refractivity contribution < 1.29 is 14.4 Å². The number of imide groups is 1. The first-order valence-electron chi connectivity index (χ1n) is 6.85. The average Bonchev–Trinajstić information content (AvgIpc) is 2.51. The number of hydrogen-bond donors (Lipinski definition) is 3. The minimum absolute atomic E-state index is 0.00124. The summed E-state index contributed by atoms with van der Waals surface area (Å²) in [5, 5.41) is 4.14. The molecular weight excluding hydrogens is 282 g/mol. The van der Waals surface area contributed by atoms with Crippen LogP contribution in [0.5, 0.6) is 0 Å². The molecule has 6 heteroatoms. The Morgan fingerprint density at radius 3 is 2.41 bits per heavy atom. The van der Waals surface area contributed by atoms with E-state index in [0.29, 0.717) is 5.56 Å². The summed E-state index contributed by atoms with van der Waals surface area (Å²) < 4.78 is 0. The summed E-state index contributed by atoms with van der Waals surface area (Å²) in [6, 6.07) is 11.8. The number of amides is 3. The van der Waals surface area contributed by atoms with Crippen molar-refractivity contribution in [1.82, 2.24) is 5.32 Å². The number of hydrogen-bond acceptors (Lipinski definition) is 4. The minimum atomic E-state index is -0.947. The summed E-state index contributed by atoms with van der Waals surface area (Å²) in [6.45, 7) is 0. The summed E-state index contributed by atoms with van der Waals surface area (Å²) >= 11 is 0. The van der Waals surface area contributed by atoms with Gasteiger partial charge in [-0.05, 0) is 29.3 Å². The van der Waals surface area contributed by atoms with E-state index in [1.807, 2.05) is 30.3 Å². The number of nitrogens with two attached hydrogens (primary N) is 2. The van der Waals surface area contributed by atoms with Crippen LogP contribution >= 0.6 is 0 Å². The molecular formula is C16H17N3O3. The monoisotopic (exact) mass is 299 g/mol. The maximum absolute atomic E-state index is 12.1. The second-order valence-electron chi connectivity index (χ2n) is 4.99. The smallest absolute Gasteiger partial charge is 0.257 e. The van der Waals surface area contributed by atoms with Gasteiger partial charge in [-0.2, -0.15) is 0 Å². The maximum Gasteiger partial charge on any atom is 0.257 e. The Morgan fingerprint density at radius 2 is 1.73 bits per heavy atom. The summed E-state index contributed by atoms with van der Waals surface area (Å²) in [6.07, 6.45) is 0.102. The third-order valence-electron chi connectivity index (χ3n) is 3.29. The SMILES string of the molecule is NC(=O)CCC(N)C(=O)NC(=O)c1ccc2ccccc2c1. The Morgan fingerprint density at radius 1 is 1.05 bits per heavy atom. The third-order valence-corrected chi connectivity index (χ3v) is 3.29. The van der Waals surface area contributed by atoms with Gasteiger partial charge in [-0.25, -0.2) is 0 Å². The second-order valence-corrected chi connectivity index (χ2v) is 4.99. The molecule has 0 saturated heterocycles. The molecule has 0 aliphatic rings. The van der Waals surface area contributed by atoms with Crippen molar-refractivity contribution in [2.24, 2.45) is 11.5 Å². The lowest BCUT2D eigenvalue weighted by molar-refractivity contribution is -0.122. The van der Waals surface area contributed by atoms with Crippen molar-refractivity contribution in [2.45, 2.75) is 18.9 Å². The number of rotatable bonds is 5. The molecule has 0 spiro atoms. The lowest BCUT2D eigenvalue weighted by Gasteiger charge is -2.10. The molecule has 0 heterocycles. The minimum Gasteiger partial charge on any atom is -0.370 e. The zero-order chi connectivity index (χ0) is 16.1. The van der Waals surface area contributed by atoms with Gasteiger partial charge in [0.15, 0.2) is 0 Å². The molecule has 0 radical (unpaired) electrons. The number of primary amides is 1. The van der Waals surface area contributed by atoms with Gasteiger partial charge in [0, 0.05) is 12.0 Å². The van der Waals surface area contributed by atoms with E-state index in [-0.39, 0.29) is 12.8 Å². The molecule has 22 heavy (non-hydrogen) atoms. The molecule has 1 unspecified atom stereocenters. The Labute approximate surface area is 127 Å². The average molecular weight is 299 g/mol. The van der Waals surface area contributed by atoms with E-state index >= 15 is 0 Å². The molecule has 0 bridgehead atoms. The zero-order valence-electron chi connectivity index (χ0n) is 11.9. The van der Waals surface area contributed by atoms with E-state index < -0.39 is 23.8 Å². The van der Waals surface area contributed by atoms with Gasteiger partial charge < -0.3 is 11.5 Å². The van der Waals surface area contributed by atoms with Gasteiger partial charge in [0.25, 0.3) is 5.91 Å². The van der Waals surface area contributed by atoms with Gasteiger partial charge in [-0.3, -0.25) is 19.7 Å². The van der Waals surface area contributed by atoms with Gasteiger partial charge in [-0.15, -0.1) is 0 Å². The summed E-state index contributed by atoms with van der Waals surface area (Å²) in [7, 11) is 0.